The van der Waals surface area contributed by atoms with Crippen LogP contribution in [0.5, 0.6) is 5.75 Å². The Balaban J connectivity index is 2.00. The number of rotatable bonds is 6. The molecule has 1 aromatic rings. The number of methoxy groups -OCH3 is 1. The number of nitrogen functional groups attached to an aromatic ring is 1. The molecule has 21 heavy (non-hydrogen) atoms. The fourth-order valence-electron chi connectivity index (χ4n) is 2.80. The van der Waals surface area contributed by atoms with Crippen LogP contribution in [0.2, 0.25) is 0 Å². The van der Waals surface area contributed by atoms with E-state index in [1.165, 1.54) is 6.07 Å². The smallest absolute Gasteiger partial charge is 0.387 e. The summed E-state index contributed by atoms with van der Waals surface area (Å²) in [6, 6.07) is 5.11. The number of anilines is 1. The van der Waals surface area contributed by atoms with Crippen molar-refractivity contribution in [2.45, 2.75) is 25.4 Å². The van der Waals surface area contributed by atoms with E-state index in [1.54, 1.807) is 13.2 Å². The van der Waals surface area contributed by atoms with Crippen molar-refractivity contribution in [2.75, 3.05) is 39.1 Å². The van der Waals surface area contributed by atoms with E-state index in [0.29, 0.717) is 11.6 Å². The number of hydrogen-bond donors (Lipinski definition) is 1. The number of piperidine rings is 1. The van der Waals surface area contributed by atoms with E-state index in [9.17, 15) is 8.78 Å². The minimum absolute atomic E-state index is 0.0734. The van der Waals surface area contributed by atoms with Gasteiger partial charge in [0.05, 0.1) is 12.3 Å². The van der Waals surface area contributed by atoms with E-state index in [4.69, 9.17) is 10.5 Å². The Morgan fingerprint density at radius 2 is 2.05 bits per heavy atom. The Hall–Kier alpha value is -1.40. The van der Waals surface area contributed by atoms with Gasteiger partial charge in [-0.15, -0.1) is 0 Å². The van der Waals surface area contributed by atoms with Gasteiger partial charge in [-0.25, -0.2) is 0 Å². The van der Waals surface area contributed by atoms with Crippen LogP contribution in [0.15, 0.2) is 18.2 Å². The number of nitrogens with two attached hydrogens (primary N) is 1. The summed E-state index contributed by atoms with van der Waals surface area (Å²) in [5.74, 6) is 0.370. The molecule has 0 unspecified atom stereocenters. The number of halogens is 2. The SMILES string of the molecule is COCCN1CCC(c2cccc(OC(F)F)c2N)CC1. The second-order valence-corrected chi connectivity index (χ2v) is 5.25. The lowest BCUT2D eigenvalue weighted by Crippen LogP contribution is -2.35. The van der Waals surface area contributed by atoms with Gasteiger partial charge < -0.3 is 20.1 Å². The lowest BCUT2D eigenvalue weighted by atomic mass is 9.88. The van der Waals surface area contributed by atoms with Gasteiger partial charge in [-0.3, -0.25) is 0 Å². The molecule has 4 nitrogen and oxygen atoms in total. The third-order valence-corrected chi connectivity index (χ3v) is 3.95. The first-order chi connectivity index (χ1) is 10.1. The van der Waals surface area contributed by atoms with Gasteiger partial charge in [0.15, 0.2) is 0 Å². The summed E-state index contributed by atoms with van der Waals surface area (Å²) in [6.07, 6.45) is 1.93. The van der Waals surface area contributed by atoms with Gasteiger partial charge in [0, 0.05) is 13.7 Å². The van der Waals surface area contributed by atoms with Gasteiger partial charge in [-0.05, 0) is 43.5 Å². The van der Waals surface area contributed by atoms with Crippen LogP contribution in [0.3, 0.4) is 0 Å². The first-order valence-corrected chi connectivity index (χ1v) is 7.16. The monoisotopic (exact) mass is 300 g/mol. The lowest BCUT2D eigenvalue weighted by Gasteiger charge is -2.32. The van der Waals surface area contributed by atoms with E-state index in [-0.39, 0.29) is 5.75 Å². The second-order valence-electron chi connectivity index (χ2n) is 5.25. The van der Waals surface area contributed by atoms with Crippen LogP contribution >= 0.6 is 0 Å². The Kier molecular flexibility index (Phi) is 5.76. The molecule has 1 aliphatic heterocycles. The zero-order chi connectivity index (χ0) is 15.2. The summed E-state index contributed by atoms with van der Waals surface area (Å²) in [5.41, 5.74) is 7.24. The average Bonchev–Trinajstić information content (AvgIpc) is 2.47. The zero-order valence-corrected chi connectivity index (χ0v) is 12.2. The molecule has 0 radical (unpaired) electrons. The number of likely N-dealkylation sites (tertiary alicyclic amines) is 1. The Labute approximate surface area is 123 Å². The number of nitrogens with zero attached hydrogens (tertiary/aromatic N) is 1. The molecule has 0 bridgehead atoms. The number of alkyl halides is 2. The minimum atomic E-state index is -2.85. The predicted octanol–water partition coefficient (Wildman–Crippen LogP) is 2.70. The maximum atomic E-state index is 12.3. The van der Waals surface area contributed by atoms with Crippen LogP contribution in [-0.4, -0.2) is 44.9 Å². The highest BCUT2D eigenvalue weighted by molar-refractivity contribution is 5.59. The van der Waals surface area contributed by atoms with Gasteiger partial charge in [0.1, 0.15) is 5.75 Å². The van der Waals surface area contributed by atoms with Gasteiger partial charge in [-0.2, -0.15) is 8.78 Å². The normalized spacial score (nSPS) is 17.3. The molecular formula is C15H22F2N2O2. The lowest BCUT2D eigenvalue weighted by molar-refractivity contribution is -0.0493. The Morgan fingerprint density at radius 3 is 2.67 bits per heavy atom. The molecule has 1 heterocycles. The maximum absolute atomic E-state index is 12.3. The molecule has 0 spiro atoms. The summed E-state index contributed by atoms with van der Waals surface area (Å²) >= 11 is 0. The van der Waals surface area contributed by atoms with Crippen molar-refractivity contribution in [3.05, 3.63) is 23.8 Å². The van der Waals surface area contributed by atoms with Crippen molar-refractivity contribution in [3.8, 4) is 5.75 Å². The molecule has 6 heteroatoms. The summed E-state index contributed by atoms with van der Waals surface area (Å²) in [7, 11) is 1.70. The standard InChI is InChI=1S/C15H22F2N2O2/c1-20-10-9-19-7-5-11(6-8-19)12-3-2-4-13(14(12)18)21-15(16)17/h2-4,11,15H,5-10,18H2,1H3. The molecule has 2 N–H and O–H groups in total. The average molecular weight is 300 g/mol. The van der Waals surface area contributed by atoms with Crippen molar-refractivity contribution >= 4 is 5.69 Å². The second kappa shape index (κ2) is 7.56. The largest absolute Gasteiger partial charge is 0.433 e. The first-order valence-electron chi connectivity index (χ1n) is 7.16. The van der Waals surface area contributed by atoms with Crippen molar-refractivity contribution < 1.29 is 18.3 Å². The van der Waals surface area contributed by atoms with Crippen LogP contribution < -0.4 is 10.5 Å². The van der Waals surface area contributed by atoms with Crippen molar-refractivity contribution in [1.29, 1.82) is 0 Å². The molecule has 0 aromatic heterocycles. The molecule has 0 aliphatic carbocycles. The molecule has 1 fully saturated rings. The van der Waals surface area contributed by atoms with Crippen LogP contribution in [0.1, 0.15) is 24.3 Å². The predicted molar refractivity (Wildman–Crippen MR) is 77.8 cm³/mol. The zero-order valence-electron chi connectivity index (χ0n) is 12.2. The topological polar surface area (TPSA) is 47.7 Å². The van der Waals surface area contributed by atoms with Crippen molar-refractivity contribution in [2.24, 2.45) is 0 Å². The molecule has 0 saturated carbocycles. The number of ether oxygens (including phenoxy) is 2. The highest BCUT2D eigenvalue weighted by Crippen LogP contribution is 2.36. The molecule has 1 saturated heterocycles. The minimum Gasteiger partial charge on any atom is -0.433 e. The number of para-hydroxylation sites is 1. The van der Waals surface area contributed by atoms with Crippen LogP contribution in [0.4, 0.5) is 14.5 Å². The van der Waals surface area contributed by atoms with Crippen LogP contribution in [0, 0.1) is 0 Å². The van der Waals surface area contributed by atoms with E-state index in [2.05, 4.69) is 9.64 Å². The van der Waals surface area contributed by atoms with Gasteiger partial charge in [-0.1, -0.05) is 12.1 Å². The first kappa shape index (κ1) is 16.0. The van der Waals surface area contributed by atoms with E-state index < -0.39 is 6.61 Å². The Bertz CT molecular complexity index is 449. The summed E-state index contributed by atoms with van der Waals surface area (Å²) in [5, 5.41) is 0. The van der Waals surface area contributed by atoms with E-state index in [0.717, 1.165) is 44.6 Å². The molecule has 1 aromatic carbocycles. The molecule has 0 amide bonds. The van der Waals surface area contributed by atoms with E-state index >= 15 is 0 Å². The highest BCUT2D eigenvalue weighted by atomic mass is 19.3. The fraction of sp³-hybridized carbons (Fsp3) is 0.600. The molecule has 118 valence electrons. The number of hydrogen-bond acceptors (Lipinski definition) is 4. The summed E-state index contributed by atoms with van der Waals surface area (Å²) in [6.45, 7) is 0.733. The Morgan fingerprint density at radius 1 is 1.33 bits per heavy atom. The van der Waals surface area contributed by atoms with Crippen LogP contribution in [0.25, 0.3) is 0 Å². The summed E-state index contributed by atoms with van der Waals surface area (Å²) < 4.78 is 34.2. The van der Waals surface area contributed by atoms with Gasteiger partial charge in [0.25, 0.3) is 0 Å². The third-order valence-electron chi connectivity index (χ3n) is 3.95. The van der Waals surface area contributed by atoms with E-state index in [1.807, 2.05) is 6.07 Å². The molecule has 2 rings (SSSR count). The quantitative estimate of drug-likeness (QED) is 0.821. The van der Waals surface area contributed by atoms with Crippen LogP contribution in [-0.2, 0) is 4.74 Å². The van der Waals surface area contributed by atoms with Gasteiger partial charge >= 0.3 is 6.61 Å². The molecule has 1 aliphatic rings. The van der Waals surface area contributed by atoms with Crippen molar-refractivity contribution in [1.82, 2.24) is 4.90 Å². The maximum Gasteiger partial charge on any atom is 0.387 e. The highest BCUT2D eigenvalue weighted by Gasteiger charge is 2.23. The van der Waals surface area contributed by atoms with Crippen molar-refractivity contribution in [3.63, 3.8) is 0 Å². The molecule has 0 atom stereocenters. The third kappa shape index (κ3) is 4.28. The fourth-order valence-corrected chi connectivity index (χ4v) is 2.80. The summed E-state index contributed by atoms with van der Waals surface area (Å²) in [4.78, 5) is 2.34. The van der Waals surface area contributed by atoms with Gasteiger partial charge in [0.2, 0.25) is 0 Å². The molecular weight excluding hydrogens is 278 g/mol. The number of benzene rings is 1.